The first-order valence-corrected chi connectivity index (χ1v) is 4.83. The molecule has 0 amide bonds. The molecule has 5 heteroatoms. The summed E-state index contributed by atoms with van der Waals surface area (Å²) in [6.45, 7) is 0. The third-order valence-corrected chi connectivity index (χ3v) is 2.80. The minimum Gasteiger partial charge on any atom is -0.207 e. The van der Waals surface area contributed by atoms with Crippen LogP contribution in [0.3, 0.4) is 0 Å². The molecule has 0 radical (unpaired) electrons. The molecule has 1 aliphatic rings. The second-order valence-corrected chi connectivity index (χ2v) is 4.05. The van der Waals surface area contributed by atoms with Gasteiger partial charge in [-0.05, 0) is 17.5 Å². The molecule has 0 aliphatic heterocycles. The molecule has 1 fully saturated rings. The Labute approximate surface area is 89.1 Å². The molecular formula is C11H9F5. The Morgan fingerprint density at radius 3 is 2.12 bits per heavy atom. The van der Waals surface area contributed by atoms with E-state index in [9.17, 15) is 22.0 Å². The highest BCUT2D eigenvalue weighted by Gasteiger charge is 2.48. The second-order valence-electron chi connectivity index (χ2n) is 4.05. The van der Waals surface area contributed by atoms with Crippen molar-refractivity contribution in [2.24, 2.45) is 0 Å². The van der Waals surface area contributed by atoms with Crippen molar-refractivity contribution >= 4 is 0 Å². The third kappa shape index (κ3) is 2.03. The average Bonchev–Trinajstić information content (AvgIpc) is 2.12. The van der Waals surface area contributed by atoms with Gasteiger partial charge in [0, 0.05) is 12.8 Å². The van der Waals surface area contributed by atoms with Crippen LogP contribution in [0.4, 0.5) is 22.0 Å². The molecule has 0 aromatic heterocycles. The van der Waals surface area contributed by atoms with Gasteiger partial charge in [0.1, 0.15) is 0 Å². The van der Waals surface area contributed by atoms with Crippen molar-refractivity contribution in [1.82, 2.24) is 0 Å². The molecule has 16 heavy (non-hydrogen) atoms. The molecule has 1 saturated carbocycles. The maximum Gasteiger partial charge on any atom is 0.416 e. The summed E-state index contributed by atoms with van der Waals surface area (Å²) < 4.78 is 63.0. The van der Waals surface area contributed by atoms with Gasteiger partial charge in [-0.1, -0.05) is 18.2 Å². The van der Waals surface area contributed by atoms with Crippen LogP contribution in [-0.2, 0) is 6.18 Å². The zero-order valence-electron chi connectivity index (χ0n) is 8.19. The maximum atomic E-state index is 12.6. The van der Waals surface area contributed by atoms with Gasteiger partial charge in [-0.2, -0.15) is 13.2 Å². The lowest BCUT2D eigenvalue weighted by Gasteiger charge is -2.36. The highest BCUT2D eigenvalue weighted by molar-refractivity contribution is 5.34. The van der Waals surface area contributed by atoms with Gasteiger partial charge in [-0.3, -0.25) is 0 Å². The zero-order valence-corrected chi connectivity index (χ0v) is 8.19. The summed E-state index contributed by atoms with van der Waals surface area (Å²) in [5.74, 6) is -3.48. The van der Waals surface area contributed by atoms with Crippen LogP contribution in [0.25, 0.3) is 0 Å². The van der Waals surface area contributed by atoms with E-state index >= 15 is 0 Å². The van der Waals surface area contributed by atoms with Gasteiger partial charge < -0.3 is 0 Å². The summed E-state index contributed by atoms with van der Waals surface area (Å²) in [5.41, 5.74) is -0.809. The summed E-state index contributed by atoms with van der Waals surface area (Å²) >= 11 is 0. The van der Waals surface area contributed by atoms with Crippen molar-refractivity contribution in [1.29, 1.82) is 0 Å². The van der Waals surface area contributed by atoms with Crippen LogP contribution in [0, 0.1) is 0 Å². The van der Waals surface area contributed by atoms with Gasteiger partial charge in [0.25, 0.3) is 0 Å². The van der Waals surface area contributed by atoms with Crippen LogP contribution >= 0.6 is 0 Å². The molecule has 0 saturated heterocycles. The Balaban J connectivity index is 2.29. The van der Waals surface area contributed by atoms with Crippen LogP contribution < -0.4 is 0 Å². The summed E-state index contributed by atoms with van der Waals surface area (Å²) in [4.78, 5) is 0. The van der Waals surface area contributed by atoms with Crippen molar-refractivity contribution in [3.63, 3.8) is 0 Å². The molecule has 0 unspecified atom stereocenters. The average molecular weight is 236 g/mol. The van der Waals surface area contributed by atoms with Crippen molar-refractivity contribution in [3.8, 4) is 0 Å². The molecule has 0 atom stereocenters. The second kappa shape index (κ2) is 3.43. The molecule has 0 N–H and O–H groups in total. The number of hydrogen-bond donors (Lipinski definition) is 0. The zero-order chi connectivity index (χ0) is 12.0. The largest absolute Gasteiger partial charge is 0.416 e. The maximum absolute atomic E-state index is 12.6. The van der Waals surface area contributed by atoms with E-state index in [1.807, 2.05) is 0 Å². The van der Waals surface area contributed by atoms with Crippen molar-refractivity contribution < 1.29 is 22.0 Å². The van der Waals surface area contributed by atoms with E-state index in [4.69, 9.17) is 0 Å². The Morgan fingerprint density at radius 2 is 1.62 bits per heavy atom. The number of hydrogen-bond acceptors (Lipinski definition) is 0. The normalized spacial score (nSPS) is 20.6. The minimum absolute atomic E-state index is 0.0130. The fraction of sp³-hybridized carbons (Fsp3) is 0.455. The molecule has 2 rings (SSSR count). The Hall–Kier alpha value is -1.13. The predicted octanol–water partition coefficient (Wildman–Crippen LogP) is 4.22. The molecular weight excluding hydrogens is 227 g/mol. The van der Waals surface area contributed by atoms with Crippen LogP contribution in [0.2, 0.25) is 0 Å². The molecule has 1 aliphatic carbocycles. The van der Waals surface area contributed by atoms with Crippen LogP contribution in [-0.4, -0.2) is 5.92 Å². The first-order chi connectivity index (χ1) is 7.30. The summed E-state index contributed by atoms with van der Waals surface area (Å²) in [7, 11) is 0. The van der Waals surface area contributed by atoms with E-state index in [-0.39, 0.29) is 5.56 Å². The van der Waals surface area contributed by atoms with Gasteiger partial charge in [-0.15, -0.1) is 0 Å². The highest BCUT2D eigenvalue weighted by Crippen LogP contribution is 2.50. The molecule has 0 nitrogen and oxygen atoms in total. The first kappa shape index (κ1) is 11.4. The molecule has 88 valence electrons. The number of benzene rings is 1. The van der Waals surface area contributed by atoms with Gasteiger partial charge in [-0.25, -0.2) is 8.78 Å². The van der Waals surface area contributed by atoms with Crippen LogP contribution in [0.5, 0.6) is 0 Å². The minimum atomic E-state index is -4.47. The molecule has 0 spiro atoms. The molecule has 0 bridgehead atoms. The van der Waals surface area contributed by atoms with Gasteiger partial charge in [0.05, 0.1) is 5.56 Å². The van der Waals surface area contributed by atoms with E-state index in [0.717, 1.165) is 6.07 Å². The highest BCUT2D eigenvalue weighted by atomic mass is 19.4. The number of halogens is 5. The topological polar surface area (TPSA) is 0 Å². The van der Waals surface area contributed by atoms with E-state index < -0.39 is 36.4 Å². The third-order valence-electron chi connectivity index (χ3n) is 2.80. The lowest BCUT2D eigenvalue weighted by molar-refractivity contribution is -0.140. The van der Waals surface area contributed by atoms with Crippen LogP contribution in [0.1, 0.15) is 29.9 Å². The lowest BCUT2D eigenvalue weighted by Crippen LogP contribution is -2.34. The summed E-state index contributed by atoms with van der Waals surface area (Å²) in [6, 6.07) is 4.93. The monoisotopic (exact) mass is 236 g/mol. The quantitative estimate of drug-likeness (QED) is 0.640. The van der Waals surface area contributed by atoms with Gasteiger partial charge in [0.15, 0.2) is 0 Å². The fourth-order valence-corrected chi connectivity index (χ4v) is 1.99. The van der Waals surface area contributed by atoms with E-state index in [1.165, 1.54) is 18.2 Å². The van der Waals surface area contributed by atoms with Gasteiger partial charge in [0.2, 0.25) is 5.92 Å². The Morgan fingerprint density at radius 1 is 1.06 bits per heavy atom. The van der Waals surface area contributed by atoms with Crippen molar-refractivity contribution in [2.75, 3.05) is 0 Å². The van der Waals surface area contributed by atoms with Crippen molar-refractivity contribution in [3.05, 3.63) is 35.4 Å². The predicted molar refractivity (Wildman–Crippen MR) is 48.4 cm³/mol. The lowest BCUT2D eigenvalue weighted by atomic mass is 9.75. The molecule has 1 aromatic carbocycles. The Kier molecular flexibility index (Phi) is 2.44. The van der Waals surface area contributed by atoms with Crippen LogP contribution in [0.15, 0.2) is 24.3 Å². The first-order valence-electron chi connectivity index (χ1n) is 4.83. The molecule has 1 aromatic rings. The van der Waals surface area contributed by atoms with Gasteiger partial charge >= 0.3 is 6.18 Å². The fourth-order valence-electron chi connectivity index (χ4n) is 1.99. The summed E-state index contributed by atoms with van der Waals surface area (Å²) in [6.07, 6.45) is -5.44. The smallest absolute Gasteiger partial charge is 0.207 e. The molecule has 0 heterocycles. The van der Waals surface area contributed by atoms with Crippen molar-refractivity contribution in [2.45, 2.75) is 30.9 Å². The summed E-state index contributed by atoms with van der Waals surface area (Å²) in [5, 5.41) is 0. The van der Waals surface area contributed by atoms with E-state index in [0.29, 0.717) is 0 Å². The van der Waals surface area contributed by atoms with E-state index in [2.05, 4.69) is 0 Å². The number of alkyl halides is 5. The van der Waals surface area contributed by atoms with E-state index in [1.54, 1.807) is 0 Å². The SMILES string of the molecule is FC1(F)CC(c2ccccc2C(F)(F)F)C1. The standard InChI is InChI=1S/C11H9F5/c12-10(13)5-7(6-10)8-3-1-2-4-9(8)11(14,15)16/h1-4,7H,5-6H2. The Bertz CT molecular complexity index is 386. The number of rotatable bonds is 1.